The summed E-state index contributed by atoms with van der Waals surface area (Å²) in [6, 6.07) is 110. The number of hydrogen-bond acceptors (Lipinski definition) is 3. The lowest BCUT2D eigenvalue weighted by Gasteiger charge is -2.22. The quantitative estimate of drug-likeness (QED) is 0.113. The van der Waals surface area contributed by atoms with Crippen molar-refractivity contribution in [2.24, 2.45) is 0 Å². The van der Waals surface area contributed by atoms with Gasteiger partial charge in [-0.3, -0.25) is 17.9 Å². The average Bonchev–Trinajstić information content (AvgIpc) is 1.54. The summed E-state index contributed by atoms with van der Waals surface area (Å²) >= 11 is 0. The highest BCUT2D eigenvalue weighted by atomic mass is 31.2. The van der Waals surface area contributed by atoms with E-state index in [0.29, 0.717) is 0 Å². The first kappa shape index (κ1) is 50.5. The van der Waals surface area contributed by atoms with Crippen molar-refractivity contribution in [3.8, 4) is 44.8 Å². The third-order valence-electron chi connectivity index (χ3n) is 18.8. The van der Waals surface area contributed by atoms with Crippen LogP contribution in [0.3, 0.4) is 0 Å². The Morgan fingerprint density at radius 1 is 0.267 bits per heavy atom. The fourth-order valence-corrected chi connectivity index (χ4v) is 17.4. The van der Waals surface area contributed by atoms with E-state index in [1.54, 1.807) is 0 Å². The van der Waals surface area contributed by atoms with E-state index < -0.39 is 7.14 Å². The molecular weight excluding hydrogens is 1120 g/mol. The van der Waals surface area contributed by atoms with E-state index in [-0.39, 0.29) is 0 Å². The van der Waals surface area contributed by atoms with Gasteiger partial charge < -0.3 is 4.57 Å². The molecule has 0 N–H and O–H groups in total. The molecule has 7 nitrogen and oxygen atoms in total. The molecule has 0 aliphatic rings. The van der Waals surface area contributed by atoms with Crippen LogP contribution in [0.1, 0.15) is 0 Å². The number of aromatic nitrogens is 6. The van der Waals surface area contributed by atoms with Crippen LogP contribution in [0.5, 0.6) is 0 Å². The van der Waals surface area contributed by atoms with Crippen LogP contribution in [-0.2, 0) is 4.57 Å². The number of rotatable bonds is 8. The summed E-state index contributed by atoms with van der Waals surface area (Å²) in [4.78, 5) is 11.1. The Kier molecular flexibility index (Phi) is 10.9. The SMILES string of the molecule is O=P(c1ccccc1)(c1cccc(-c2ccc3c(c2)c2nc4c5ccccc5c5cc(-c6ccc(-c7cccc8ccccc78)cc6)ccc5n4c2n3-c2ccccc2)c1)c1cccc(-n2c3ccccc3c3nc4c5ccccc5c5ccccc5n4c32)c1. The fourth-order valence-electron chi connectivity index (χ4n) is 14.7. The molecule has 0 radical (unpaired) electrons. The highest BCUT2D eigenvalue weighted by Crippen LogP contribution is 2.46. The molecule has 0 amide bonds. The molecule has 0 fully saturated rings. The van der Waals surface area contributed by atoms with Crippen molar-refractivity contribution in [2.45, 2.75) is 0 Å². The maximum Gasteiger partial charge on any atom is 0.171 e. The van der Waals surface area contributed by atoms with Crippen LogP contribution in [0.4, 0.5) is 0 Å². The van der Waals surface area contributed by atoms with Crippen molar-refractivity contribution in [3.63, 3.8) is 0 Å². The van der Waals surface area contributed by atoms with Crippen LogP contribution in [0.15, 0.2) is 309 Å². The highest BCUT2D eigenvalue weighted by molar-refractivity contribution is 7.85. The molecule has 6 heterocycles. The number of para-hydroxylation sites is 3. The molecule has 90 heavy (non-hydrogen) atoms. The Balaban J connectivity index is 0.771. The number of benzene rings is 13. The maximum absolute atomic E-state index is 17.0. The lowest BCUT2D eigenvalue weighted by molar-refractivity contribution is 0.592. The van der Waals surface area contributed by atoms with E-state index in [4.69, 9.17) is 9.97 Å². The molecule has 0 bridgehead atoms. The van der Waals surface area contributed by atoms with E-state index in [9.17, 15) is 0 Å². The molecule has 0 aliphatic carbocycles. The van der Waals surface area contributed by atoms with Gasteiger partial charge in [-0.1, -0.05) is 243 Å². The molecule has 19 rings (SSSR count). The van der Waals surface area contributed by atoms with Gasteiger partial charge in [0.1, 0.15) is 22.3 Å². The van der Waals surface area contributed by atoms with Gasteiger partial charge in [-0.15, -0.1) is 0 Å². The summed E-state index contributed by atoms with van der Waals surface area (Å²) in [5.41, 5.74) is 18.4. The van der Waals surface area contributed by atoms with Gasteiger partial charge in [0, 0.05) is 59.6 Å². The van der Waals surface area contributed by atoms with Gasteiger partial charge in [0.15, 0.2) is 18.4 Å². The van der Waals surface area contributed by atoms with Gasteiger partial charge >= 0.3 is 0 Å². The summed E-state index contributed by atoms with van der Waals surface area (Å²) in [5, 5.41) is 13.6. The minimum atomic E-state index is -3.57. The van der Waals surface area contributed by atoms with Crippen LogP contribution < -0.4 is 15.9 Å². The summed E-state index contributed by atoms with van der Waals surface area (Å²) < 4.78 is 26.3. The molecular formula is C82H51N6OP. The molecule has 420 valence electrons. The Morgan fingerprint density at radius 3 is 1.44 bits per heavy atom. The standard InChI is InChI=1S/C82H51N6OP/c89-90(60-26-5-2-6-27-60,62-29-19-25-59(51-62)86-74-39-16-14-36-70(74)77-81(86)87-73-38-15-13-33-67(73)65-31-9-11-34-68(65)79(87)83-77)61-28-17-22-55(48-61)57-45-47-76-72(50-57)78-82(85(76)58-23-3-1-4-24-58)88-75-46-44-56(49-71(75)66-32-10-12-35-69(66)80(88)84-78)52-40-42-54(43-41-52)64-37-18-21-53-20-7-8-30-63(53)64/h1-51H. The van der Waals surface area contributed by atoms with Gasteiger partial charge in [-0.25, -0.2) is 9.97 Å². The lowest BCUT2D eigenvalue weighted by Crippen LogP contribution is -2.25. The van der Waals surface area contributed by atoms with Crippen LogP contribution in [0.25, 0.3) is 154 Å². The van der Waals surface area contributed by atoms with Gasteiger partial charge in [0.05, 0.1) is 22.1 Å². The van der Waals surface area contributed by atoms with E-state index >= 15 is 4.57 Å². The third-order valence-corrected chi connectivity index (χ3v) is 21.8. The second kappa shape index (κ2) is 19.4. The molecule has 19 aromatic rings. The first-order valence-electron chi connectivity index (χ1n) is 30.6. The molecule has 0 spiro atoms. The lowest BCUT2D eigenvalue weighted by atomic mass is 9.95. The van der Waals surface area contributed by atoms with Crippen LogP contribution in [0.2, 0.25) is 0 Å². The molecule has 6 aromatic heterocycles. The molecule has 8 heteroatoms. The summed E-state index contributed by atoms with van der Waals surface area (Å²) in [5.74, 6) is 0. The van der Waals surface area contributed by atoms with Gasteiger partial charge in [0.25, 0.3) is 0 Å². The zero-order chi connectivity index (χ0) is 59.2. The minimum absolute atomic E-state index is 0.738. The Morgan fingerprint density at radius 2 is 0.711 bits per heavy atom. The Bertz CT molecular complexity index is 6250. The number of hydrogen-bond donors (Lipinski definition) is 0. The second-order valence-electron chi connectivity index (χ2n) is 23.6. The summed E-state index contributed by atoms with van der Waals surface area (Å²) in [6.07, 6.45) is 0. The van der Waals surface area contributed by atoms with Crippen molar-refractivity contribution in [1.82, 2.24) is 27.9 Å². The Hall–Kier alpha value is -11.6. The largest absolute Gasteiger partial charge is 0.309 e. The van der Waals surface area contributed by atoms with Crippen molar-refractivity contribution in [1.29, 1.82) is 0 Å². The van der Waals surface area contributed by atoms with E-state index in [0.717, 1.165) is 143 Å². The monoisotopic (exact) mass is 1170 g/mol. The van der Waals surface area contributed by atoms with Crippen LogP contribution in [0, 0.1) is 0 Å². The fraction of sp³-hybridized carbons (Fsp3) is 0. The first-order chi connectivity index (χ1) is 44.5. The smallest absolute Gasteiger partial charge is 0.171 e. The number of fused-ring (bicyclic) bond motifs is 21. The predicted molar refractivity (Wildman–Crippen MR) is 376 cm³/mol. The second-order valence-corrected chi connectivity index (χ2v) is 26.4. The molecule has 13 aromatic carbocycles. The normalized spacial score (nSPS) is 12.8. The minimum Gasteiger partial charge on any atom is -0.309 e. The molecule has 0 saturated heterocycles. The number of imidazole rings is 2. The van der Waals surface area contributed by atoms with Crippen molar-refractivity contribution < 1.29 is 4.57 Å². The zero-order valence-electron chi connectivity index (χ0n) is 48.5. The number of nitrogens with zero attached hydrogens (tertiary/aromatic N) is 6. The molecule has 1 atom stereocenters. The zero-order valence-corrected chi connectivity index (χ0v) is 49.4. The summed E-state index contributed by atoms with van der Waals surface area (Å²) in [6.45, 7) is 0. The van der Waals surface area contributed by atoms with Gasteiger partial charge in [0.2, 0.25) is 0 Å². The molecule has 0 aliphatic heterocycles. The molecule has 1 unspecified atom stereocenters. The van der Waals surface area contributed by atoms with E-state index in [1.165, 1.54) is 27.3 Å². The van der Waals surface area contributed by atoms with E-state index in [2.05, 4.69) is 285 Å². The third kappa shape index (κ3) is 7.32. The predicted octanol–water partition coefficient (Wildman–Crippen LogP) is 19.6. The molecule has 0 saturated carbocycles. The van der Waals surface area contributed by atoms with Gasteiger partial charge in [-0.2, -0.15) is 0 Å². The maximum atomic E-state index is 17.0. The Labute approximate surface area is 516 Å². The first-order valence-corrected chi connectivity index (χ1v) is 32.3. The van der Waals surface area contributed by atoms with Gasteiger partial charge in [-0.05, 0) is 122 Å². The van der Waals surface area contributed by atoms with Crippen molar-refractivity contribution in [2.75, 3.05) is 0 Å². The number of pyridine rings is 2. The van der Waals surface area contributed by atoms with Crippen molar-refractivity contribution >= 4 is 133 Å². The average molecular weight is 1170 g/mol. The topological polar surface area (TPSA) is 61.5 Å². The van der Waals surface area contributed by atoms with Crippen LogP contribution >= 0.6 is 7.14 Å². The van der Waals surface area contributed by atoms with Crippen LogP contribution in [-0.4, -0.2) is 27.9 Å². The highest BCUT2D eigenvalue weighted by Gasteiger charge is 2.32. The summed E-state index contributed by atoms with van der Waals surface area (Å²) in [7, 11) is -3.57. The van der Waals surface area contributed by atoms with Crippen molar-refractivity contribution in [3.05, 3.63) is 309 Å². The van der Waals surface area contributed by atoms with E-state index in [1.807, 2.05) is 42.5 Å².